The lowest BCUT2D eigenvalue weighted by Gasteiger charge is -2.33. The van der Waals surface area contributed by atoms with Gasteiger partial charge in [-0.25, -0.2) is 0 Å². The molecule has 0 radical (unpaired) electrons. The minimum Gasteiger partial charge on any atom is -0.459 e. The molecule has 2 rings (SSSR count). The Hall–Kier alpha value is -1.78. The number of rotatable bonds is 5. The highest BCUT2D eigenvalue weighted by Gasteiger charge is 2.22. The molecule has 1 N–H and O–H groups in total. The number of likely N-dealkylation sites (tertiary alicyclic amines) is 1. The van der Waals surface area contributed by atoms with Crippen molar-refractivity contribution in [2.75, 3.05) is 13.1 Å². The third kappa shape index (κ3) is 3.85. The molecule has 1 unspecified atom stereocenters. The van der Waals surface area contributed by atoms with Crippen molar-refractivity contribution < 1.29 is 14.0 Å². The molecular formula is C15H22N2O3. The van der Waals surface area contributed by atoms with Gasteiger partial charge in [-0.15, -0.1) is 0 Å². The maximum Gasteiger partial charge on any atom is 0.286 e. The van der Waals surface area contributed by atoms with Crippen molar-refractivity contribution in [3.05, 3.63) is 24.2 Å². The van der Waals surface area contributed by atoms with Crippen molar-refractivity contribution in [3.63, 3.8) is 0 Å². The summed E-state index contributed by atoms with van der Waals surface area (Å²) < 4.78 is 5.00. The van der Waals surface area contributed by atoms with Crippen molar-refractivity contribution in [1.82, 2.24) is 10.2 Å². The highest BCUT2D eigenvalue weighted by atomic mass is 16.3. The first-order valence-electron chi connectivity index (χ1n) is 7.29. The third-order valence-electron chi connectivity index (χ3n) is 3.72. The van der Waals surface area contributed by atoms with Crippen LogP contribution in [-0.4, -0.2) is 35.8 Å². The normalized spacial score (nSPS) is 18.9. The van der Waals surface area contributed by atoms with Crippen LogP contribution in [0.25, 0.3) is 0 Å². The smallest absolute Gasteiger partial charge is 0.286 e. The molecule has 5 heteroatoms. The van der Waals surface area contributed by atoms with Crippen LogP contribution in [0.1, 0.15) is 49.6 Å². The van der Waals surface area contributed by atoms with Gasteiger partial charge in [0.1, 0.15) is 0 Å². The summed E-state index contributed by atoms with van der Waals surface area (Å²) in [6.45, 7) is 3.47. The fraction of sp³-hybridized carbons (Fsp3) is 0.600. The van der Waals surface area contributed by atoms with Crippen LogP contribution in [0, 0.1) is 0 Å². The number of carbonyl (C=O) groups excluding carboxylic acids is 2. The Balaban J connectivity index is 1.65. The molecule has 2 heterocycles. The molecule has 0 spiro atoms. The number of hydrogen-bond donors (Lipinski definition) is 1. The lowest BCUT2D eigenvalue weighted by molar-refractivity contribution is -0.134. The molecule has 1 aliphatic rings. The van der Waals surface area contributed by atoms with Gasteiger partial charge < -0.3 is 14.6 Å². The lowest BCUT2D eigenvalue weighted by atomic mass is 10.0. The van der Waals surface area contributed by atoms with Crippen molar-refractivity contribution in [1.29, 1.82) is 0 Å². The van der Waals surface area contributed by atoms with Gasteiger partial charge in [0.25, 0.3) is 5.91 Å². The number of hydrogen-bond acceptors (Lipinski definition) is 3. The van der Waals surface area contributed by atoms with E-state index in [0.29, 0.717) is 31.2 Å². The Morgan fingerprint density at radius 1 is 1.45 bits per heavy atom. The van der Waals surface area contributed by atoms with Crippen LogP contribution < -0.4 is 5.32 Å². The Morgan fingerprint density at radius 2 is 2.30 bits per heavy atom. The van der Waals surface area contributed by atoms with E-state index in [1.807, 2.05) is 4.90 Å². The van der Waals surface area contributed by atoms with Gasteiger partial charge in [0.15, 0.2) is 5.76 Å². The van der Waals surface area contributed by atoms with Crippen LogP contribution in [0.3, 0.4) is 0 Å². The average Bonchev–Trinajstić information content (AvgIpc) is 2.98. The molecule has 1 atom stereocenters. The van der Waals surface area contributed by atoms with Crippen LogP contribution in [0.5, 0.6) is 0 Å². The molecule has 0 aromatic carbocycles. The molecule has 1 fully saturated rings. The molecule has 1 aromatic rings. The Morgan fingerprint density at radius 3 is 3.00 bits per heavy atom. The van der Waals surface area contributed by atoms with Gasteiger partial charge in [-0.1, -0.05) is 0 Å². The number of piperidine rings is 1. The maximum absolute atomic E-state index is 12.1. The zero-order chi connectivity index (χ0) is 14.4. The zero-order valence-corrected chi connectivity index (χ0v) is 11.9. The second-order valence-electron chi connectivity index (χ2n) is 5.27. The first kappa shape index (κ1) is 14.6. The highest BCUT2D eigenvalue weighted by Crippen LogP contribution is 2.17. The second kappa shape index (κ2) is 7.12. The van der Waals surface area contributed by atoms with E-state index in [1.165, 1.54) is 12.7 Å². The summed E-state index contributed by atoms with van der Waals surface area (Å²) in [6.07, 6.45) is 6.03. The zero-order valence-electron chi connectivity index (χ0n) is 11.9. The minimum absolute atomic E-state index is 0.199. The number of nitrogens with one attached hydrogen (secondary N) is 1. The SMILES string of the molecule is CC1CCCCN1C(=O)CCCNC(=O)c1ccco1. The van der Waals surface area contributed by atoms with Crippen molar-refractivity contribution in [2.24, 2.45) is 0 Å². The fourth-order valence-corrected chi connectivity index (χ4v) is 2.55. The number of nitrogens with zero attached hydrogens (tertiary/aromatic N) is 1. The van der Waals surface area contributed by atoms with E-state index in [0.717, 1.165) is 19.4 Å². The number of furan rings is 1. The molecule has 1 aromatic heterocycles. The maximum atomic E-state index is 12.1. The largest absolute Gasteiger partial charge is 0.459 e. The summed E-state index contributed by atoms with van der Waals surface area (Å²) in [5.74, 6) is 0.277. The summed E-state index contributed by atoms with van der Waals surface area (Å²) in [4.78, 5) is 25.7. The number of amides is 2. The first-order valence-corrected chi connectivity index (χ1v) is 7.29. The van der Waals surface area contributed by atoms with E-state index >= 15 is 0 Å². The molecule has 1 aliphatic heterocycles. The van der Waals surface area contributed by atoms with Gasteiger partial charge in [-0.2, -0.15) is 0 Å². The molecule has 0 bridgehead atoms. The summed E-state index contributed by atoms with van der Waals surface area (Å²) in [7, 11) is 0. The van der Waals surface area contributed by atoms with Gasteiger partial charge in [0.2, 0.25) is 5.91 Å². The van der Waals surface area contributed by atoms with Crippen molar-refractivity contribution in [3.8, 4) is 0 Å². The van der Waals surface area contributed by atoms with Crippen LogP contribution in [-0.2, 0) is 4.79 Å². The Kier molecular flexibility index (Phi) is 5.21. The van der Waals surface area contributed by atoms with Gasteiger partial charge in [-0.05, 0) is 44.7 Å². The van der Waals surface area contributed by atoms with Crippen LogP contribution in [0.15, 0.2) is 22.8 Å². The van der Waals surface area contributed by atoms with Crippen molar-refractivity contribution >= 4 is 11.8 Å². The molecule has 1 saturated heterocycles. The van der Waals surface area contributed by atoms with Gasteiger partial charge in [0, 0.05) is 25.6 Å². The number of carbonyl (C=O) groups is 2. The van der Waals surface area contributed by atoms with E-state index in [1.54, 1.807) is 12.1 Å². The van der Waals surface area contributed by atoms with E-state index in [4.69, 9.17) is 4.42 Å². The third-order valence-corrected chi connectivity index (χ3v) is 3.72. The van der Waals surface area contributed by atoms with Gasteiger partial charge in [-0.3, -0.25) is 9.59 Å². The minimum atomic E-state index is -0.228. The van der Waals surface area contributed by atoms with Gasteiger partial charge in [0.05, 0.1) is 6.26 Å². The van der Waals surface area contributed by atoms with Crippen LogP contribution >= 0.6 is 0 Å². The molecule has 5 nitrogen and oxygen atoms in total. The second-order valence-corrected chi connectivity index (χ2v) is 5.27. The van der Waals surface area contributed by atoms with Crippen LogP contribution in [0.4, 0.5) is 0 Å². The van der Waals surface area contributed by atoms with E-state index in [2.05, 4.69) is 12.2 Å². The molecule has 20 heavy (non-hydrogen) atoms. The van der Waals surface area contributed by atoms with E-state index in [-0.39, 0.29) is 11.8 Å². The molecule has 2 amide bonds. The summed E-state index contributed by atoms with van der Waals surface area (Å²) >= 11 is 0. The average molecular weight is 278 g/mol. The van der Waals surface area contributed by atoms with E-state index < -0.39 is 0 Å². The standard InChI is InChI=1S/C15H22N2O3/c1-12-6-2-3-10-17(12)14(18)8-4-9-16-15(19)13-7-5-11-20-13/h5,7,11-12H,2-4,6,8-10H2,1H3,(H,16,19). The monoisotopic (exact) mass is 278 g/mol. The van der Waals surface area contributed by atoms with E-state index in [9.17, 15) is 9.59 Å². The molecule has 110 valence electrons. The van der Waals surface area contributed by atoms with Gasteiger partial charge >= 0.3 is 0 Å². The molecule has 0 aliphatic carbocycles. The topological polar surface area (TPSA) is 62.6 Å². The summed E-state index contributed by atoms with van der Waals surface area (Å²) in [5, 5.41) is 2.75. The Bertz CT molecular complexity index is 442. The molecule has 0 saturated carbocycles. The fourth-order valence-electron chi connectivity index (χ4n) is 2.55. The summed E-state index contributed by atoms with van der Waals surface area (Å²) in [6, 6.07) is 3.65. The predicted octanol–water partition coefficient (Wildman–Crippen LogP) is 2.19. The predicted molar refractivity (Wildman–Crippen MR) is 75.3 cm³/mol. The van der Waals surface area contributed by atoms with Crippen molar-refractivity contribution in [2.45, 2.75) is 45.1 Å². The lowest BCUT2D eigenvalue weighted by Crippen LogP contribution is -2.42. The Labute approximate surface area is 119 Å². The molecular weight excluding hydrogens is 256 g/mol. The van der Waals surface area contributed by atoms with Crippen LogP contribution in [0.2, 0.25) is 0 Å². The quantitative estimate of drug-likeness (QED) is 0.840. The first-order chi connectivity index (χ1) is 9.68. The summed E-state index contributed by atoms with van der Waals surface area (Å²) in [5.41, 5.74) is 0. The highest BCUT2D eigenvalue weighted by molar-refractivity contribution is 5.91.